The number of hydrogen-bond acceptors (Lipinski definition) is 28. The van der Waals surface area contributed by atoms with Gasteiger partial charge in [-0.05, 0) is 58.5 Å². The normalized spacial score (nSPS) is 11.9. The zero-order chi connectivity index (χ0) is 71.8. The van der Waals surface area contributed by atoms with Gasteiger partial charge >= 0.3 is 0 Å². The van der Waals surface area contributed by atoms with Crippen LogP contribution in [0, 0.1) is 0 Å². The van der Waals surface area contributed by atoms with Crippen LogP contribution in [0.5, 0.6) is 0 Å². The number of nitrogens with one attached hydrogen (secondary N) is 6. The van der Waals surface area contributed by atoms with Gasteiger partial charge in [0.2, 0.25) is 35.4 Å². The third-order valence-corrected chi connectivity index (χ3v) is 16.6. The Kier molecular flexibility index (Phi) is 63.7. The SMILES string of the molecule is NCCN(CCN)CCNC(=O)CCN(CCCN(CCCN(CCC(=O)NCCN(CCN)CCN)CCC(=O)NCCN(CCN)CCN)CCCN(CCC(=O)NCCN(CCN)CCN)CCC(=O)NCCN(CCN)CCN)CCC(=O)NCCN(CCN)CCN. The molecule has 0 aliphatic heterocycles. The minimum atomic E-state index is -0.0860. The largest absolute Gasteiger partial charge is 0.355 e. The lowest BCUT2D eigenvalue weighted by molar-refractivity contribution is -0.123. The summed E-state index contributed by atoms with van der Waals surface area (Å²) in [6.45, 7) is 27.2. The van der Waals surface area contributed by atoms with E-state index in [1.165, 1.54) is 0 Å². The van der Waals surface area contributed by atoms with Crippen molar-refractivity contribution >= 4 is 35.4 Å². The number of carbonyl (C=O) groups is 6. The summed E-state index contributed by atoms with van der Waals surface area (Å²) in [6.07, 6.45) is 3.64. The maximum absolute atomic E-state index is 13.4. The van der Waals surface area contributed by atoms with Gasteiger partial charge < -0.3 is 120 Å². The summed E-state index contributed by atoms with van der Waals surface area (Å²) < 4.78 is 0. The molecule has 572 valence electrons. The predicted octanol–water partition coefficient (Wildman–Crippen LogP) is -10.3. The Labute approximate surface area is 583 Å². The van der Waals surface area contributed by atoms with E-state index < -0.39 is 0 Å². The van der Waals surface area contributed by atoms with Crippen LogP contribution in [-0.4, -0.2) is 399 Å². The maximum atomic E-state index is 13.4. The fourth-order valence-corrected chi connectivity index (χ4v) is 11.3. The number of carbonyl (C=O) groups excluding carboxylic acids is 6. The average molecular weight is 1390 g/mol. The van der Waals surface area contributed by atoms with Crippen molar-refractivity contribution in [3.63, 3.8) is 0 Å². The Morgan fingerprint density at radius 1 is 0.165 bits per heavy atom. The highest BCUT2D eigenvalue weighted by Crippen LogP contribution is 2.07. The zero-order valence-electron chi connectivity index (χ0n) is 60.2. The van der Waals surface area contributed by atoms with Crippen molar-refractivity contribution < 1.29 is 28.8 Å². The number of nitrogens with two attached hydrogens (primary N) is 12. The summed E-state index contributed by atoms with van der Waals surface area (Å²) in [5.41, 5.74) is 69.9. The van der Waals surface area contributed by atoms with Crippen molar-refractivity contribution in [1.82, 2.24) is 80.9 Å². The molecule has 0 saturated heterocycles. The Bertz CT molecular complexity index is 1540. The standard InChI is InChI=1S/C63H144N28O6/c64-10-40-86(41-11-65)52-22-76-58(92)4-34-83(35-5-59(93)77-23-53-87(42-12-66)43-13-67)31-1-28-82(29-2-32-84(36-6-60(94)78-24-54-88(44-14-68)45-15-69)37-7-61(95)79-25-55-89(46-16-70)47-17-71)30-3-33-85(38-8-62(96)80-26-56-90(48-18-72)49-19-73)39-9-63(97)81-27-57-91(50-20-74)51-21-75/h1-57,64-75H2,(H,76,92)(H,77,93)(H,78,94)(H,79,95)(H,80,96)(H,81,97). The van der Waals surface area contributed by atoms with Crippen molar-refractivity contribution in [2.45, 2.75) is 57.8 Å². The second-order valence-electron chi connectivity index (χ2n) is 24.5. The number of rotatable bonds is 72. The van der Waals surface area contributed by atoms with Crippen molar-refractivity contribution in [3.05, 3.63) is 0 Å². The third kappa shape index (κ3) is 55.3. The first kappa shape index (κ1) is 92.9. The summed E-state index contributed by atoms with van der Waals surface area (Å²) in [5.74, 6) is -0.516. The quantitative estimate of drug-likeness (QED) is 0.0269. The average Bonchev–Trinajstić information content (AvgIpc) is 3.77. The molecule has 34 nitrogen and oxygen atoms in total. The van der Waals surface area contributed by atoms with Gasteiger partial charge in [-0.3, -0.25) is 58.2 Å². The van der Waals surface area contributed by atoms with Crippen molar-refractivity contribution in [2.24, 2.45) is 68.8 Å². The smallest absolute Gasteiger partial charge is 0.221 e. The van der Waals surface area contributed by atoms with Crippen LogP contribution in [0.2, 0.25) is 0 Å². The van der Waals surface area contributed by atoms with Crippen LogP contribution in [0.3, 0.4) is 0 Å². The van der Waals surface area contributed by atoms with Crippen molar-refractivity contribution in [2.75, 3.05) is 314 Å². The minimum absolute atomic E-state index is 0.0860. The molecular weight excluding hydrogens is 1240 g/mol. The minimum Gasteiger partial charge on any atom is -0.355 e. The summed E-state index contributed by atoms with van der Waals surface area (Å²) in [5, 5.41) is 18.4. The van der Waals surface area contributed by atoms with Crippen molar-refractivity contribution in [3.8, 4) is 0 Å². The molecule has 0 saturated carbocycles. The first-order valence-electron chi connectivity index (χ1n) is 36.4. The number of amides is 6. The molecule has 0 aromatic carbocycles. The van der Waals surface area contributed by atoms with Crippen LogP contribution in [0.4, 0.5) is 0 Å². The van der Waals surface area contributed by atoms with Gasteiger partial charge in [-0.25, -0.2) is 0 Å². The van der Waals surface area contributed by atoms with Gasteiger partial charge in [0.15, 0.2) is 0 Å². The zero-order valence-corrected chi connectivity index (χ0v) is 60.2. The molecule has 6 amide bonds. The van der Waals surface area contributed by atoms with Crippen LogP contribution in [0.25, 0.3) is 0 Å². The van der Waals surface area contributed by atoms with E-state index in [4.69, 9.17) is 68.8 Å². The van der Waals surface area contributed by atoms with E-state index in [0.717, 1.165) is 19.3 Å². The molecule has 0 radical (unpaired) electrons. The third-order valence-electron chi connectivity index (χ3n) is 16.6. The predicted molar refractivity (Wildman–Crippen MR) is 393 cm³/mol. The molecule has 0 aliphatic carbocycles. The Morgan fingerprint density at radius 2 is 0.278 bits per heavy atom. The van der Waals surface area contributed by atoms with E-state index in [1.807, 2.05) is 0 Å². The van der Waals surface area contributed by atoms with Gasteiger partial charge in [0.25, 0.3) is 0 Å². The Morgan fingerprint density at radius 3 is 0.402 bits per heavy atom. The second kappa shape index (κ2) is 66.5. The first-order chi connectivity index (χ1) is 47.1. The lowest BCUT2D eigenvalue weighted by Crippen LogP contribution is -2.42. The molecule has 0 heterocycles. The van der Waals surface area contributed by atoms with Crippen LogP contribution in [0.1, 0.15) is 57.8 Å². The highest BCUT2D eigenvalue weighted by molar-refractivity contribution is 5.78. The molecule has 0 bridgehead atoms. The lowest BCUT2D eigenvalue weighted by Gasteiger charge is -2.29. The van der Waals surface area contributed by atoms with Gasteiger partial charge in [0, 0.05) is 313 Å². The second-order valence-corrected chi connectivity index (χ2v) is 24.5. The molecule has 0 atom stereocenters. The molecule has 0 unspecified atom stereocenters. The molecule has 0 aliphatic rings. The summed E-state index contributed by atoms with van der Waals surface area (Å²) in [7, 11) is 0. The van der Waals surface area contributed by atoms with Crippen molar-refractivity contribution in [1.29, 1.82) is 0 Å². The summed E-state index contributed by atoms with van der Waals surface area (Å²) in [4.78, 5) is 102. The molecule has 30 N–H and O–H groups in total. The first-order valence-corrected chi connectivity index (χ1v) is 36.4. The molecule has 0 fully saturated rings. The van der Waals surface area contributed by atoms with E-state index >= 15 is 0 Å². The topological polar surface area (TPSA) is 519 Å². The number of nitrogens with zero attached hydrogens (tertiary/aromatic N) is 10. The van der Waals surface area contributed by atoms with E-state index in [-0.39, 0.29) is 74.0 Å². The molecule has 0 rings (SSSR count). The summed E-state index contributed by atoms with van der Waals surface area (Å²) in [6, 6.07) is 0. The van der Waals surface area contributed by atoms with Crippen LogP contribution in [-0.2, 0) is 28.8 Å². The van der Waals surface area contributed by atoms with E-state index in [2.05, 4.69) is 80.9 Å². The fraction of sp³-hybridized carbons (Fsp3) is 0.905. The van der Waals surface area contributed by atoms with E-state index in [0.29, 0.717) is 314 Å². The highest BCUT2D eigenvalue weighted by Gasteiger charge is 2.19. The van der Waals surface area contributed by atoms with Crippen LogP contribution in [0.15, 0.2) is 0 Å². The fourth-order valence-electron chi connectivity index (χ4n) is 11.3. The highest BCUT2D eigenvalue weighted by atomic mass is 16.2. The molecular formula is C63H144N28O6. The maximum Gasteiger partial charge on any atom is 0.221 e. The Hall–Kier alpha value is -4.06. The summed E-state index contributed by atoms with van der Waals surface area (Å²) >= 11 is 0. The molecule has 97 heavy (non-hydrogen) atoms. The van der Waals surface area contributed by atoms with Gasteiger partial charge in [0.05, 0.1) is 0 Å². The van der Waals surface area contributed by atoms with Crippen LogP contribution >= 0.6 is 0 Å². The van der Waals surface area contributed by atoms with E-state index in [9.17, 15) is 28.8 Å². The molecule has 0 spiro atoms. The van der Waals surface area contributed by atoms with E-state index in [1.54, 1.807) is 0 Å². The van der Waals surface area contributed by atoms with Gasteiger partial charge in [0.1, 0.15) is 0 Å². The van der Waals surface area contributed by atoms with Crippen LogP contribution < -0.4 is 101 Å². The van der Waals surface area contributed by atoms with Gasteiger partial charge in [-0.1, -0.05) is 0 Å². The molecule has 34 heteroatoms. The van der Waals surface area contributed by atoms with Gasteiger partial charge in [-0.2, -0.15) is 0 Å². The monoisotopic (exact) mass is 1390 g/mol. The Balaban J connectivity index is 6.92. The lowest BCUT2D eigenvalue weighted by atomic mass is 10.2. The number of hydrogen-bond donors (Lipinski definition) is 18. The molecule has 0 aromatic rings. The molecule has 0 aromatic heterocycles. The van der Waals surface area contributed by atoms with Gasteiger partial charge in [-0.15, -0.1) is 0 Å².